The molecule has 0 N–H and O–H groups in total. The summed E-state index contributed by atoms with van der Waals surface area (Å²) in [4.78, 5) is 28.1. The summed E-state index contributed by atoms with van der Waals surface area (Å²) in [6.07, 6.45) is -0.354. The Balaban J connectivity index is 2.12. The molecule has 0 saturated heterocycles. The van der Waals surface area contributed by atoms with Gasteiger partial charge in [0.15, 0.2) is 19.7 Å². The fraction of sp³-hybridized carbons (Fsp3) is 0.333. The van der Waals surface area contributed by atoms with Crippen molar-refractivity contribution in [2.45, 2.75) is 11.6 Å². The number of benzene rings is 2. The highest BCUT2D eigenvalue weighted by Gasteiger charge is 2.50. The van der Waals surface area contributed by atoms with Crippen LogP contribution in [0.2, 0.25) is 0 Å². The van der Waals surface area contributed by atoms with E-state index in [4.69, 9.17) is 0 Å². The van der Waals surface area contributed by atoms with Gasteiger partial charge in [0.1, 0.15) is 0 Å². The van der Waals surface area contributed by atoms with E-state index in [1.165, 1.54) is 14.1 Å². The third kappa shape index (κ3) is 6.75. The Hall–Kier alpha value is -0.800. The second-order valence-electron chi connectivity index (χ2n) is 7.42. The first-order chi connectivity index (χ1) is 16.1. The molecule has 2 rings (SSSR count). The highest BCUT2D eigenvalue weighted by Crippen LogP contribution is 2.39. The van der Waals surface area contributed by atoms with Crippen molar-refractivity contribution in [2.24, 2.45) is 0 Å². The number of nitrogens with zero attached hydrogens (tertiary/aromatic N) is 2. The van der Waals surface area contributed by atoms with E-state index < -0.39 is 48.1 Å². The molecular weight excluding hydrogens is 760 g/mol. The minimum Gasteiger partial charge on any atom is -0.313 e. The van der Waals surface area contributed by atoms with Gasteiger partial charge in [-0.2, -0.15) is 0 Å². The highest BCUT2D eigenvalue weighted by molar-refractivity contribution is 9.28. The molecule has 192 valence electrons. The van der Waals surface area contributed by atoms with Gasteiger partial charge in [-0.3, -0.25) is 9.59 Å². The fourth-order valence-corrected chi connectivity index (χ4v) is 8.45. The van der Waals surface area contributed by atoms with Crippen LogP contribution in [0.1, 0.15) is 6.42 Å². The predicted molar refractivity (Wildman–Crippen MR) is 153 cm³/mol. The van der Waals surface area contributed by atoms with Gasteiger partial charge in [0.25, 0.3) is 16.9 Å². The minimum absolute atomic E-state index is 0.354. The molecule has 0 aliphatic rings. The van der Waals surface area contributed by atoms with Gasteiger partial charge in [-0.25, -0.2) is 16.8 Å². The van der Waals surface area contributed by atoms with Crippen molar-refractivity contribution < 1.29 is 26.4 Å². The third-order valence-electron chi connectivity index (χ3n) is 5.00. The second-order valence-corrected chi connectivity index (χ2v) is 20.9. The standard InChI is InChI=1S/C21H22Br4N2O6S2/c1-26(16-10-5-3-6-11-16)18(28)20(22,23)34(30,31)14-9-15-35(32,33)21(24,25)19(29)27(2)17-12-7-4-8-13-17/h3-8,10-13H,9,14-15H2,1-2H3. The number of alkyl halides is 4. The van der Waals surface area contributed by atoms with Crippen LogP contribution in [0.15, 0.2) is 60.7 Å². The lowest BCUT2D eigenvalue weighted by atomic mass is 10.3. The van der Waals surface area contributed by atoms with E-state index in [1.54, 1.807) is 60.7 Å². The quantitative estimate of drug-likeness (QED) is 0.331. The van der Waals surface area contributed by atoms with Gasteiger partial charge >= 0.3 is 0 Å². The molecule has 0 fully saturated rings. The molecular formula is C21H22Br4N2O6S2. The average Bonchev–Trinajstić information content (AvgIpc) is 2.82. The number of rotatable bonds is 10. The van der Waals surface area contributed by atoms with E-state index in [-0.39, 0.29) is 6.42 Å². The van der Waals surface area contributed by atoms with Crippen LogP contribution in [0.5, 0.6) is 0 Å². The van der Waals surface area contributed by atoms with Gasteiger partial charge in [-0.15, -0.1) is 0 Å². The first-order valence-corrected chi connectivity index (χ1v) is 16.4. The summed E-state index contributed by atoms with van der Waals surface area (Å²) in [6.45, 7) is 0. The van der Waals surface area contributed by atoms with Crippen LogP contribution in [-0.4, -0.2) is 59.4 Å². The molecule has 2 aromatic rings. The molecule has 35 heavy (non-hydrogen) atoms. The number of para-hydroxylation sites is 2. The lowest BCUT2D eigenvalue weighted by Gasteiger charge is -2.27. The van der Waals surface area contributed by atoms with Crippen LogP contribution < -0.4 is 9.80 Å². The van der Waals surface area contributed by atoms with E-state index in [9.17, 15) is 26.4 Å². The summed E-state index contributed by atoms with van der Waals surface area (Å²) in [7, 11) is -5.57. The highest BCUT2D eigenvalue weighted by atomic mass is 79.9. The summed E-state index contributed by atoms with van der Waals surface area (Å²) in [6, 6.07) is 16.9. The van der Waals surface area contributed by atoms with Crippen molar-refractivity contribution in [1.29, 1.82) is 0 Å². The molecule has 0 aromatic heterocycles. The van der Waals surface area contributed by atoms with Gasteiger partial charge in [0, 0.05) is 25.5 Å². The molecule has 2 aromatic carbocycles. The molecule has 0 aliphatic heterocycles. The molecule has 8 nitrogen and oxygen atoms in total. The van der Waals surface area contributed by atoms with Gasteiger partial charge in [-0.05, 0) is 94.4 Å². The van der Waals surface area contributed by atoms with Gasteiger partial charge in [-0.1, -0.05) is 36.4 Å². The topological polar surface area (TPSA) is 109 Å². The largest absolute Gasteiger partial charge is 0.313 e. The van der Waals surface area contributed by atoms with Crippen LogP contribution in [0.3, 0.4) is 0 Å². The number of hydrogen-bond donors (Lipinski definition) is 0. The summed E-state index contributed by atoms with van der Waals surface area (Å²) < 4.78 is 47.5. The first kappa shape index (κ1) is 30.4. The number of sulfone groups is 2. The van der Waals surface area contributed by atoms with Crippen LogP contribution >= 0.6 is 63.7 Å². The van der Waals surface area contributed by atoms with Crippen LogP contribution in [0.4, 0.5) is 11.4 Å². The number of carbonyl (C=O) groups excluding carboxylic acids is 2. The Morgan fingerprint density at radius 1 is 0.657 bits per heavy atom. The molecule has 0 atom stereocenters. The fourth-order valence-electron chi connectivity index (χ4n) is 2.89. The SMILES string of the molecule is CN(C(=O)C(Br)(Br)S(=O)(=O)CCCS(=O)(=O)C(Br)(Br)C(=O)N(C)c1ccccc1)c1ccccc1. The zero-order valence-corrected chi connectivity index (χ0v) is 26.5. The molecule has 2 amide bonds. The summed E-state index contributed by atoms with van der Waals surface area (Å²) in [5.74, 6) is -2.89. The minimum atomic E-state index is -4.21. The van der Waals surface area contributed by atoms with E-state index in [0.717, 1.165) is 9.80 Å². The van der Waals surface area contributed by atoms with E-state index in [1.807, 2.05) is 0 Å². The molecule has 0 heterocycles. The Bertz CT molecular complexity index is 1170. The Kier molecular flexibility index (Phi) is 10.2. The zero-order valence-electron chi connectivity index (χ0n) is 18.6. The monoisotopic (exact) mass is 778 g/mol. The summed E-state index contributed by atoms with van der Waals surface area (Å²) >= 11 is 11.9. The van der Waals surface area contributed by atoms with Crippen molar-refractivity contribution >= 4 is 107 Å². The number of anilines is 2. The first-order valence-electron chi connectivity index (χ1n) is 9.93. The Labute approximate surface area is 238 Å². The lowest BCUT2D eigenvalue weighted by molar-refractivity contribution is -0.117. The molecule has 0 radical (unpaired) electrons. The van der Waals surface area contributed by atoms with Crippen LogP contribution in [0.25, 0.3) is 0 Å². The zero-order chi connectivity index (χ0) is 26.7. The van der Waals surface area contributed by atoms with Gasteiger partial charge in [0.2, 0.25) is 0 Å². The number of hydrogen-bond acceptors (Lipinski definition) is 6. The predicted octanol–water partition coefficient (Wildman–Crippen LogP) is 4.42. The van der Waals surface area contributed by atoms with E-state index in [2.05, 4.69) is 63.7 Å². The average molecular weight is 782 g/mol. The van der Waals surface area contributed by atoms with Crippen LogP contribution in [-0.2, 0) is 29.3 Å². The van der Waals surface area contributed by atoms with Crippen molar-refractivity contribution in [2.75, 3.05) is 35.4 Å². The second kappa shape index (κ2) is 11.7. The summed E-state index contributed by atoms with van der Waals surface area (Å²) in [5.41, 5.74) is 0.950. The smallest absolute Gasteiger partial charge is 0.270 e. The molecule has 0 aliphatic carbocycles. The van der Waals surface area contributed by atoms with Gasteiger partial charge in [0.05, 0.1) is 11.5 Å². The molecule has 0 bridgehead atoms. The number of halogens is 4. The van der Waals surface area contributed by atoms with Crippen molar-refractivity contribution in [1.82, 2.24) is 0 Å². The molecule has 0 spiro atoms. The normalized spacial score (nSPS) is 12.7. The Morgan fingerprint density at radius 2 is 0.943 bits per heavy atom. The van der Waals surface area contributed by atoms with E-state index >= 15 is 0 Å². The summed E-state index contributed by atoms with van der Waals surface area (Å²) in [5, 5.41) is 0. The maximum absolute atomic E-state index is 13.0. The molecule has 14 heteroatoms. The number of carbonyl (C=O) groups is 2. The number of amides is 2. The van der Waals surface area contributed by atoms with Crippen molar-refractivity contribution in [3.63, 3.8) is 0 Å². The molecule has 0 unspecified atom stereocenters. The van der Waals surface area contributed by atoms with E-state index in [0.29, 0.717) is 11.4 Å². The van der Waals surface area contributed by atoms with Crippen molar-refractivity contribution in [3.8, 4) is 0 Å². The van der Waals surface area contributed by atoms with Gasteiger partial charge < -0.3 is 9.80 Å². The maximum Gasteiger partial charge on any atom is 0.270 e. The lowest BCUT2D eigenvalue weighted by Crippen LogP contribution is -2.47. The third-order valence-corrected chi connectivity index (χ3v) is 15.8. The Morgan fingerprint density at radius 3 is 1.23 bits per heavy atom. The maximum atomic E-state index is 13.0. The van der Waals surface area contributed by atoms with Crippen LogP contribution in [0, 0.1) is 0 Å². The molecule has 0 saturated carbocycles. The van der Waals surface area contributed by atoms with Crippen molar-refractivity contribution in [3.05, 3.63) is 60.7 Å².